The number of ether oxygens (including phenoxy) is 1. The largest absolute Gasteiger partial charge is 0.483 e. The van der Waals surface area contributed by atoms with Crippen LogP contribution in [0.15, 0.2) is 48.5 Å². The van der Waals surface area contributed by atoms with Crippen LogP contribution in [0.3, 0.4) is 0 Å². The quantitative estimate of drug-likeness (QED) is 0.135. The van der Waals surface area contributed by atoms with Gasteiger partial charge >= 0.3 is 6.18 Å². The zero-order valence-electron chi connectivity index (χ0n) is 19.7. The topological polar surface area (TPSA) is 9.23 Å². The van der Waals surface area contributed by atoms with Crippen LogP contribution in [0, 0.1) is 35.1 Å². The first kappa shape index (κ1) is 26.3. The maximum Gasteiger partial charge on any atom is 0.458 e. The number of hydrogen-bond acceptors (Lipinski definition) is 1. The van der Waals surface area contributed by atoms with Crippen LogP contribution in [0.2, 0.25) is 0 Å². The van der Waals surface area contributed by atoms with Crippen LogP contribution < -0.4 is 4.74 Å². The molecule has 0 unspecified atom stereocenters. The first-order valence-electron chi connectivity index (χ1n) is 11.6. The number of alkyl halides is 3. The van der Waals surface area contributed by atoms with Crippen LogP contribution in [0.4, 0.5) is 30.7 Å². The second-order valence-electron chi connectivity index (χ2n) is 8.65. The molecule has 0 aromatic heterocycles. The Morgan fingerprint density at radius 3 is 2.05 bits per heavy atom. The third kappa shape index (κ3) is 5.99. The van der Waals surface area contributed by atoms with Crippen LogP contribution in [0.5, 0.6) is 5.75 Å². The van der Waals surface area contributed by atoms with Gasteiger partial charge in [-0.1, -0.05) is 56.0 Å². The van der Waals surface area contributed by atoms with E-state index in [2.05, 4.69) is 6.92 Å². The van der Waals surface area contributed by atoms with E-state index in [1.54, 1.807) is 18.2 Å². The Kier molecular flexibility index (Phi) is 7.63. The molecule has 0 aliphatic carbocycles. The molecule has 192 valence electrons. The van der Waals surface area contributed by atoms with Crippen LogP contribution in [0.25, 0.3) is 21.5 Å². The van der Waals surface area contributed by atoms with Crippen LogP contribution >= 0.6 is 0 Å². The maximum atomic E-state index is 15.1. The standard InChI is InChI=1S/C29H21F7O/c1-2-3-4-5-17-6-8-22-19(12-17)15-25(31)28(27(22)33)37-16-18-7-9-21-20(13-18)14-24(30)23(26(21)32)10-11-29(34,35)36/h6-9,12-15H,2-5,16H2,1H3. The fraction of sp³-hybridized carbons (Fsp3) is 0.241. The van der Waals surface area contributed by atoms with Crippen molar-refractivity contribution in [2.24, 2.45) is 0 Å². The van der Waals surface area contributed by atoms with Crippen molar-refractivity contribution in [3.8, 4) is 17.6 Å². The summed E-state index contributed by atoms with van der Waals surface area (Å²) in [5.41, 5.74) is 0.324. The second-order valence-corrected chi connectivity index (χ2v) is 8.65. The van der Waals surface area contributed by atoms with E-state index in [4.69, 9.17) is 4.74 Å². The van der Waals surface area contributed by atoms with Crippen LogP contribution in [-0.2, 0) is 13.0 Å². The van der Waals surface area contributed by atoms with Crippen LogP contribution in [0.1, 0.15) is 42.9 Å². The van der Waals surface area contributed by atoms with Gasteiger partial charge in [0, 0.05) is 16.7 Å². The molecule has 0 saturated heterocycles. The highest BCUT2D eigenvalue weighted by Crippen LogP contribution is 2.32. The van der Waals surface area contributed by atoms with E-state index >= 15 is 4.39 Å². The van der Waals surface area contributed by atoms with Gasteiger partial charge < -0.3 is 4.74 Å². The fourth-order valence-electron chi connectivity index (χ4n) is 4.10. The summed E-state index contributed by atoms with van der Waals surface area (Å²) in [6, 6.07) is 11.1. The highest BCUT2D eigenvalue weighted by atomic mass is 19.4. The minimum absolute atomic E-state index is 0.0312. The minimum Gasteiger partial charge on any atom is -0.483 e. The minimum atomic E-state index is -4.90. The molecule has 0 spiro atoms. The monoisotopic (exact) mass is 518 g/mol. The summed E-state index contributed by atoms with van der Waals surface area (Å²) in [4.78, 5) is 0. The Hall–Kier alpha value is -3.73. The molecule has 0 aliphatic heterocycles. The Labute approximate surface area is 208 Å². The summed E-state index contributed by atoms with van der Waals surface area (Å²) in [6.07, 6.45) is -0.981. The fourth-order valence-corrected chi connectivity index (χ4v) is 4.10. The summed E-state index contributed by atoms with van der Waals surface area (Å²) in [7, 11) is 0. The lowest BCUT2D eigenvalue weighted by molar-refractivity contribution is -0.0696. The Balaban J connectivity index is 1.58. The zero-order chi connectivity index (χ0) is 26.7. The number of rotatable bonds is 7. The van der Waals surface area contributed by atoms with Gasteiger partial charge in [-0.15, -0.1) is 0 Å². The Bertz CT molecular complexity index is 1530. The van der Waals surface area contributed by atoms with E-state index in [-0.39, 0.29) is 22.8 Å². The van der Waals surface area contributed by atoms with Gasteiger partial charge in [0.2, 0.25) is 0 Å². The van der Waals surface area contributed by atoms with Gasteiger partial charge in [-0.3, -0.25) is 0 Å². The number of aryl methyl sites for hydroxylation is 1. The van der Waals surface area contributed by atoms with Gasteiger partial charge in [0.1, 0.15) is 18.2 Å². The third-order valence-electron chi connectivity index (χ3n) is 5.93. The molecule has 8 heteroatoms. The zero-order valence-corrected chi connectivity index (χ0v) is 19.7. The maximum absolute atomic E-state index is 15.1. The van der Waals surface area contributed by atoms with Crippen molar-refractivity contribution in [1.29, 1.82) is 0 Å². The number of hydrogen-bond donors (Lipinski definition) is 0. The molecule has 4 aromatic rings. The molecule has 0 amide bonds. The lowest BCUT2D eigenvalue weighted by Crippen LogP contribution is -2.03. The first-order valence-corrected chi connectivity index (χ1v) is 11.6. The normalized spacial score (nSPS) is 11.6. The molecule has 0 N–H and O–H groups in total. The molecule has 0 saturated carbocycles. The van der Waals surface area contributed by atoms with Gasteiger partial charge in [-0.25, -0.2) is 17.6 Å². The summed E-state index contributed by atoms with van der Waals surface area (Å²) >= 11 is 0. The van der Waals surface area contributed by atoms with Gasteiger partial charge in [0.05, 0.1) is 5.56 Å². The molecule has 37 heavy (non-hydrogen) atoms. The average molecular weight is 518 g/mol. The second kappa shape index (κ2) is 10.7. The van der Waals surface area contributed by atoms with Gasteiger partial charge in [0.15, 0.2) is 17.4 Å². The molecule has 1 nitrogen and oxygen atoms in total. The molecule has 0 aliphatic rings. The highest BCUT2D eigenvalue weighted by Gasteiger charge is 2.24. The van der Waals surface area contributed by atoms with Gasteiger partial charge in [-0.2, -0.15) is 13.2 Å². The molecular weight excluding hydrogens is 497 g/mol. The molecule has 0 heterocycles. The van der Waals surface area contributed by atoms with Crippen LogP contribution in [-0.4, -0.2) is 6.18 Å². The third-order valence-corrected chi connectivity index (χ3v) is 5.93. The van der Waals surface area contributed by atoms with Crippen molar-refractivity contribution < 1.29 is 35.5 Å². The van der Waals surface area contributed by atoms with Gasteiger partial charge in [-0.05, 0) is 52.9 Å². The number of fused-ring (bicyclic) bond motifs is 2. The van der Waals surface area contributed by atoms with E-state index in [0.29, 0.717) is 10.9 Å². The summed E-state index contributed by atoms with van der Waals surface area (Å²) in [5.74, 6) is -2.49. The van der Waals surface area contributed by atoms with Crippen molar-refractivity contribution in [1.82, 2.24) is 0 Å². The lowest BCUT2D eigenvalue weighted by atomic mass is 10.0. The van der Waals surface area contributed by atoms with E-state index < -0.39 is 40.8 Å². The first-order chi connectivity index (χ1) is 17.6. The number of halogens is 7. The smallest absolute Gasteiger partial charge is 0.458 e. The van der Waals surface area contributed by atoms with Gasteiger partial charge in [0.25, 0.3) is 0 Å². The summed E-state index contributed by atoms with van der Waals surface area (Å²) in [5, 5.41) is 0.487. The van der Waals surface area contributed by atoms with Crippen molar-refractivity contribution in [3.63, 3.8) is 0 Å². The van der Waals surface area contributed by atoms with E-state index in [1.807, 2.05) is 0 Å². The highest BCUT2D eigenvalue weighted by molar-refractivity contribution is 5.86. The molecular formula is C29H21F7O. The predicted octanol–water partition coefficient (Wildman–Crippen LogP) is 8.77. The molecule has 4 rings (SSSR count). The average Bonchev–Trinajstić information content (AvgIpc) is 2.83. The van der Waals surface area contributed by atoms with E-state index in [1.165, 1.54) is 30.2 Å². The van der Waals surface area contributed by atoms with Crippen molar-refractivity contribution in [2.75, 3.05) is 0 Å². The van der Waals surface area contributed by atoms with E-state index in [9.17, 15) is 26.3 Å². The van der Waals surface area contributed by atoms with E-state index in [0.717, 1.165) is 43.2 Å². The Morgan fingerprint density at radius 2 is 1.38 bits per heavy atom. The van der Waals surface area contributed by atoms with Crippen molar-refractivity contribution in [3.05, 3.63) is 88.5 Å². The molecule has 0 radical (unpaired) electrons. The lowest BCUT2D eigenvalue weighted by Gasteiger charge is -2.12. The molecule has 0 bridgehead atoms. The SMILES string of the molecule is CCCCCc1ccc2c(F)c(OCc3ccc4c(F)c(C#CC(F)(F)F)c(F)cc4c3)c(F)cc2c1. The summed E-state index contributed by atoms with van der Waals surface area (Å²) < 4.78 is 101. The Morgan fingerprint density at radius 1 is 0.757 bits per heavy atom. The number of unbranched alkanes of at least 4 members (excludes halogenated alkanes) is 2. The molecule has 0 fully saturated rings. The van der Waals surface area contributed by atoms with Crippen molar-refractivity contribution >= 4 is 21.5 Å². The summed E-state index contributed by atoms with van der Waals surface area (Å²) in [6.45, 7) is 1.78. The predicted molar refractivity (Wildman–Crippen MR) is 128 cm³/mol. The van der Waals surface area contributed by atoms with Crippen molar-refractivity contribution in [2.45, 2.75) is 45.4 Å². The molecule has 4 aromatic carbocycles. The number of benzene rings is 4. The molecule has 0 atom stereocenters.